The van der Waals surface area contributed by atoms with Crippen molar-refractivity contribution < 1.29 is 24.4 Å². The maximum atomic E-state index is 10.4. The summed E-state index contributed by atoms with van der Waals surface area (Å²) in [6.07, 6.45) is -0.791. The van der Waals surface area contributed by atoms with Crippen LogP contribution in [0.2, 0.25) is 0 Å². The smallest absolute Gasteiger partial charge is 0.428 e. The van der Waals surface area contributed by atoms with Gasteiger partial charge in [-0.05, 0) is 6.92 Å². The molecule has 0 fully saturated rings. The fraction of sp³-hybridized carbons (Fsp3) is 0.500. The molecule has 0 spiro atoms. The monoisotopic (exact) mass is 162 g/mol. The third kappa shape index (κ3) is 6.82. The van der Waals surface area contributed by atoms with E-state index in [0.717, 1.165) is 0 Å². The summed E-state index contributed by atoms with van der Waals surface area (Å²) in [5.74, 6) is 0. The van der Waals surface area contributed by atoms with Crippen LogP contribution in [-0.2, 0) is 14.5 Å². The molecular formula is C6H10O5. The minimum atomic E-state index is -1.16. The Bertz CT molecular complexity index is 131. The predicted molar refractivity (Wildman–Crippen MR) is 35.4 cm³/mol. The second kappa shape index (κ2) is 5.70. The van der Waals surface area contributed by atoms with Gasteiger partial charge in [0.15, 0.2) is 6.29 Å². The number of aliphatic hydroxyl groups excluding tert-OH is 1. The quantitative estimate of drug-likeness (QED) is 0.215. The van der Waals surface area contributed by atoms with Gasteiger partial charge in [0, 0.05) is 0 Å². The van der Waals surface area contributed by atoms with E-state index < -0.39 is 12.4 Å². The molecule has 1 N–H and O–H groups in total. The van der Waals surface area contributed by atoms with Gasteiger partial charge in [-0.15, -0.1) is 0 Å². The minimum absolute atomic E-state index is 0.0437. The Balaban J connectivity index is 3.29. The van der Waals surface area contributed by atoms with Crippen LogP contribution in [0.15, 0.2) is 12.7 Å². The highest BCUT2D eigenvalue weighted by molar-refractivity contribution is 5.59. The van der Waals surface area contributed by atoms with Crippen molar-refractivity contribution in [2.75, 3.05) is 6.61 Å². The molecule has 5 heteroatoms. The molecule has 0 heterocycles. The molecule has 0 saturated carbocycles. The van der Waals surface area contributed by atoms with E-state index in [1.165, 1.54) is 13.0 Å². The third-order valence-corrected chi connectivity index (χ3v) is 0.574. The molecule has 64 valence electrons. The Kier molecular flexibility index (Phi) is 5.14. The Labute approximate surface area is 64.1 Å². The number of ether oxygens (including phenoxy) is 1. The van der Waals surface area contributed by atoms with E-state index >= 15 is 0 Å². The number of rotatable bonds is 4. The number of hydrogen-bond acceptors (Lipinski definition) is 5. The topological polar surface area (TPSA) is 65.0 Å². The van der Waals surface area contributed by atoms with E-state index in [1.54, 1.807) is 0 Å². The zero-order valence-electron chi connectivity index (χ0n) is 6.15. The van der Waals surface area contributed by atoms with Crippen molar-refractivity contribution in [2.24, 2.45) is 0 Å². The molecule has 0 amide bonds. The summed E-state index contributed by atoms with van der Waals surface area (Å²) in [4.78, 5) is 18.4. The lowest BCUT2D eigenvalue weighted by atomic mass is 10.7. The zero-order chi connectivity index (χ0) is 8.69. The normalized spacial score (nSPS) is 11.8. The van der Waals surface area contributed by atoms with Crippen molar-refractivity contribution in [1.29, 1.82) is 0 Å². The van der Waals surface area contributed by atoms with Crippen LogP contribution in [0.4, 0.5) is 4.79 Å². The number of carbonyl (C=O) groups is 1. The average molecular weight is 162 g/mol. The van der Waals surface area contributed by atoms with Crippen molar-refractivity contribution in [3.05, 3.63) is 12.7 Å². The van der Waals surface area contributed by atoms with Crippen molar-refractivity contribution >= 4 is 6.16 Å². The SMILES string of the molecule is C=CCOC(=O)OOC(C)O. The fourth-order valence-corrected chi connectivity index (χ4v) is 0.260. The first-order valence-corrected chi connectivity index (χ1v) is 2.96. The summed E-state index contributed by atoms with van der Waals surface area (Å²) in [6, 6.07) is 0. The molecule has 0 aromatic heterocycles. The van der Waals surface area contributed by atoms with E-state index in [2.05, 4.69) is 21.1 Å². The van der Waals surface area contributed by atoms with Gasteiger partial charge in [0.1, 0.15) is 6.61 Å². The molecule has 5 nitrogen and oxygen atoms in total. The van der Waals surface area contributed by atoms with Gasteiger partial charge in [-0.2, -0.15) is 4.89 Å². The van der Waals surface area contributed by atoms with Crippen LogP contribution in [0.1, 0.15) is 6.92 Å². The van der Waals surface area contributed by atoms with Crippen LogP contribution in [0.5, 0.6) is 0 Å². The van der Waals surface area contributed by atoms with Crippen LogP contribution in [0, 0.1) is 0 Å². The summed E-state index contributed by atoms with van der Waals surface area (Å²) in [5, 5.41) is 8.45. The summed E-state index contributed by atoms with van der Waals surface area (Å²) >= 11 is 0. The number of aliphatic hydroxyl groups is 1. The van der Waals surface area contributed by atoms with Crippen molar-refractivity contribution in [3.8, 4) is 0 Å². The molecule has 1 atom stereocenters. The van der Waals surface area contributed by atoms with E-state index in [9.17, 15) is 4.79 Å². The Morgan fingerprint density at radius 3 is 2.91 bits per heavy atom. The summed E-state index contributed by atoms with van der Waals surface area (Å²) in [5.41, 5.74) is 0. The molecule has 0 bridgehead atoms. The van der Waals surface area contributed by atoms with E-state index in [-0.39, 0.29) is 6.61 Å². The summed E-state index contributed by atoms with van der Waals surface area (Å²) in [7, 11) is 0. The Morgan fingerprint density at radius 2 is 2.45 bits per heavy atom. The van der Waals surface area contributed by atoms with Gasteiger partial charge in [0.2, 0.25) is 0 Å². The molecule has 0 rings (SSSR count). The van der Waals surface area contributed by atoms with Gasteiger partial charge in [-0.3, -0.25) is 4.89 Å². The Morgan fingerprint density at radius 1 is 1.82 bits per heavy atom. The number of hydrogen-bond donors (Lipinski definition) is 1. The minimum Gasteiger partial charge on any atom is -0.428 e. The van der Waals surface area contributed by atoms with Gasteiger partial charge >= 0.3 is 6.16 Å². The molecule has 0 aliphatic carbocycles. The van der Waals surface area contributed by atoms with Gasteiger partial charge in [-0.25, -0.2) is 4.79 Å². The molecule has 0 aromatic rings. The first-order valence-electron chi connectivity index (χ1n) is 2.96. The maximum Gasteiger partial charge on any atom is 0.540 e. The highest BCUT2D eigenvalue weighted by Crippen LogP contribution is 1.90. The van der Waals surface area contributed by atoms with Gasteiger partial charge in [0.25, 0.3) is 0 Å². The zero-order valence-corrected chi connectivity index (χ0v) is 6.15. The van der Waals surface area contributed by atoms with E-state index in [1.807, 2.05) is 0 Å². The van der Waals surface area contributed by atoms with Crippen LogP contribution in [0.3, 0.4) is 0 Å². The highest BCUT2D eigenvalue weighted by atomic mass is 17.2. The molecule has 0 saturated heterocycles. The molecular weight excluding hydrogens is 152 g/mol. The average Bonchev–Trinajstić information content (AvgIpc) is 1.97. The lowest BCUT2D eigenvalue weighted by Crippen LogP contribution is -2.13. The number of carbonyl (C=O) groups excluding carboxylic acids is 1. The Hall–Kier alpha value is -1.07. The first kappa shape index (κ1) is 9.93. The predicted octanol–water partition coefficient (Wildman–Crippen LogP) is 0.595. The van der Waals surface area contributed by atoms with Crippen LogP contribution in [0.25, 0.3) is 0 Å². The van der Waals surface area contributed by atoms with Crippen molar-refractivity contribution in [2.45, 2.75) is 13.2 Å². The third-order valence-electron chi connectivity index (χ3n) is 0.574. The lowest BCUT2D eigenvalue weighted by molar-refractivity contribution is -0.330. The fourth-order valence-electron chi connectivity index (χ4n) is 0.260. The molecule has 1 unspecified atom stereocenters. The summed E-state index contributed by atoms with van der Waals surface area (Å²) in [6.45, 7) is 4.64. The molecule has 0 aromatic carbocycles. The van der Waals surface area contributed by atoms with Gasteiger partial charge < -0.3 is 9.84 Å². The van der Waals surface area contributed by atoms with Crippen molar-refractivity contribution in [3.63, 3.8) is 0 Å². The molecule has 11 heavy (non-hydrogen) atoms. The molecule has 0 aliphatic heterocycles. The summed E-state index contributed by atoms with van der Waals surface area (Å²) < 4.78 is 4.33. The van der Waals surface area contributed by atoms with Crippen LogP contribution < -0.4 is 0 Å². The van der Waals surface area contributed by atoms with Crippen molar-refractivity contribution in [1.82, 2.24) is 0 Å². The first-order chi connectivity index (χ1) is 5.16. The lowest BCUT2D eigenvalue weighted by Gasteiger charge is -2.03. The van der Waals surface area contributed by atoms with Gasteiger partial charge in [0.05, 0.1) is 0 Å². The van der Waals surface area contributed by atoms with Crippen LogP contribution >= 0.6 is 0 Å². The second-order valence-electron chi connectivity index (χ2n) is 1.63. The molecule has 0 radical (unpaired) electrons. The highest BCUT2D eigenvalue weighted by Gasteiger charge is 2.05. The van der Waals surface area contributed by atoms with E-state index in [0.29, 0.717) is 0 Å². The van der Waals surface area contributed by atoms with Crippen LogP contribution in [-0.4, -0.2) is 24.2 Å². The van der Waals surface area contributed by atoms with E-state index in [4.69, 9.17) is 5.11 Å². The second-order valence-corrected chi connectivity index (χ2v) is 1.63. The largest absolute Gasteiger partial charge is 0.540 e. The standard InChI is InChI=1S/C6H10O5/c1-3-4-9-6(8)11-10-5(2)7/h3,5,7H,1,4H2,2H3. The van der Waals surface area contributed by atoms with Gasteiger partial charge in [-0.1, -0.05) is 12.7 Å². The maximum absolute atomic E-state index is 10.4. The molecule has 0 aliphatic rings.